The SMILES string of the molecule is COC(=O)c1ccc(NC2=C/C(=N/S(=O)(=O)c3cccc4cccnc34)c3ccccc3C2=O)cc1. The number of ketones is 1. The molecular weight excluding hydrogens is 478 g/mol. The monoisotopic (exact) mass is 497 g/mol. The minimum Gasteiger partial charge on any atom is -0.465 e. The van der Waals surface area contributed by atoms with E-state index in [2.05, 4.69) is 14.7 Å². The van der Waals surface area contributed by atoms with Crippen molar-refractivity contribution in [2.45, 2.75) is 4.90 Å². The van der Waals surface area contributed by atoms with Gasteiger partial charge in [-0.15, -0.1) is 0 Å². The van der Waals surface area contributed by atoms with Gasteiger partial charge in [-0.2, -0.15) is 12.8 Å². The first-order chi connectivity index (χ1) is 17.4. The zero-order valence-electron chi connectivity index (χ0n) is 19.0. The highest BCUT2D eigenvalue weighted by atomic mass is 32.2. The minimum absolute atomic E-state index is 0.0243. The third kappa shape index (κ3) is 4.27. The number of hydrogen-bond donors (Lipinski definition) is 1. The van der Waals surface area contributed by atoms with Crippen LogP contribution in [0, 0.1) is 0 Å². The molecule has 0 bridgehead atoms. The number of nitrogens with one attached hydrogen (secondary N) is 1. The van der Waals surface area contributed by atoms with Crippen molar-refractivity contribution in [2.24, 2.45) is 4.40 Å². The summed E-state index contributed by atoms with van der Waals surface area (Å²) in [7, 11) is -2.88. The standard InChI is InChI=1S/C27H19N3O5S/c1-35-27(32)18-11-13-19(14-12-18)29-23-16-22(20-8-2-3-9-21(20)26(23)31)30-36(33,34)24-10-4-6-17-7-5-15-28-25(17)24/h2-16,29H,1H3/b30-22-. The Morgan fingerprint density at radius 3 is 2.39 bits per heavy atom. The Balaban J connectivity index is 1.58. The number of nitrogens with zero attached hydrogens (tertiary/aromatic N) is 2. The maximum atomic E-state index is 13.4. The first kappa shape index (κ1) is 23.1. The molecule has 3 aromatic carbocycles. The number of pyridine rings is 1. The molecule has 1 aliphatic rings. The summed E-state index contributed by atoms with van der Waals surface area (Å²) in [6, 6.07) is 21.4. The zero-order chi connectivity index (χ0) is 25.3. The van der Waals surface area contributed by atoms with Crippen LogP contribution in [0.4, 0.5) is 5.69 Å². The van der Waals surface area contributed by atoms with E-state index in [1.54, 1.807) is 72.8 Å². The number of methoxy groups -OCH3 is 1. The first-order valence-electron chi connectivity index (χ1n) is 10.9. The number of anilines is 1. The number of rotatable bonds is 5. The van der Waals surface area contributed by atoms with Crippen molar-refractivity contribution in [3.8, 4) is 0 Å². The van der Waals surface area contributed by atoms with Gasteiger partial charge in [0.05, 0.1) is 29.6 Å². The van der Waals surface area contributed by atoms with Crippen molar-refractivity contribution in [2.75, 3.05) is 12.4 Å². The predicted octanol–water partition coefficient (Wildman–Crippen LogP) is 4.39. The van der Waals surface area contributed by atoms with Crippen LogP contribution in [0.15, 0.2) is 106 Å². The van der Waals surface area contributed by atoms with Crippen LogP contribution in [0.5, 0.6) is 0 Å². The molecule has 8 nitrogen and oxygen atoms in total. The van der Waals surface area contributed by atoms with E-state index < -0.39 is 16.0 Å². The summed E-state index contributed by atoms with van der Waals surface area (Å²) >= 11 is 0. The number of allylic oxidation sites excluding steroid dienone is 2. The second-order valence-corrected chi connectivity index (χ2v) is 9.48. The quantitative estimate of drug-likeness (QED) is 0.407. The number of fused-ring (bicyclic) bond motifs is 2. The number of benzene rings is 3. The molecule has 1 aliphatic carbocycles. The molecule has 0 amide bonds. The lowest BCUT2D eigenvalue weighted by Crippen LogP contribution is -2.22. The fraction of sp³-hybridized carbons (Fsp3) is 0.0370. The normalized spacial score (nSPS) is 14.3. The molecule has 178 valence electrons. The fourth-order valence-electron chi connectivity index (χ4n) is 3.92. The first-order valence-corrected chi connectivity index (χ1v) is 12.3. The predicted molar refractivity (Wildman–Crippen MR) is 136 cm³/mol. The van der Waals surface area contributed by atoms with E-state index in [-0.39, 0.29) is 22.1 Å². The summed E-state index contributed by atoms with van der Waals surface area (Å²) < 4.78 is 35.6. The molecular formula is C27H19N3O5S. The Kier molecular flexibility index (Phi) is 5.91. The van der Waals surface area contributed by atoms with Crippen molar-refractivity contribution in [1.29, 1.82) is 0 Å². The van der Waals surface area contributed by atoms with Crippen LogP contribution in [-0.4, -0.2) is 38.0 Å². The molecule has 0 aliphatic heterocycles. The highest BCUT2D eigenvalue weighted by Crippen LogP contribution is 2.27. The minimum atomic E-state index is -4.17. The molecule has 0 saturated carbocycles. The summed E-state index contributed by atoms with van der Waals surface area (Å²) in [5, 5.41) is 3.68. The molecule has 1 heterocycles. The number of carbonyl (C=O) groups is 2. The average molecular weight is 498 g/mol. The molecule has 0 radical (unpaired) electrons. The number of ether oxygens (including phenoxy) is 1. The van der Waals surface area contributed by atoms with Crippen LogP contribution in [-0.2, 0) is 14.8 Å². The van der Waals surface area contributed by atoms with Crippen LogP contribution in [0.2, 0.25) is 0 Å². The van der Waals surface area contributed by atoms with Crippen molar-refractivity contribution < 1.29 is 22.7 Å². The van der Waals surface area contributed by atoms with Crippen LogP contribution in [0.3, 0.4) is 0 Å². The number of para-hydroxylation sites is 1. The summed E-state index contributed by atoms with van der Waals surface area (Å²) in [6.45, 7) is 0. The summed E-state index contributed by atoms with van der Waals surface area (Å²) in [6.07, 6.45) is 2.94. The third-order valence-corrected chi connectivity index (χ3v) is 6.97. The van der Waals surface area contributed by atoms with Crippen molar-refractivity contribution in [3.63, 3.8) is 0 Å². The van der Waals surface area contributed by atoms with Crippen LogP contribution < -0.4 is 5.32 Å². The largest absolute Gasteiger partial charge is 0.465 e. The third-order valence-electron chi connectivity index (χ3n) is 5.65. The smallest absolute Gasteiger partial charge is 0.337 e. The molecule has 36 heavy (non-hydrogen) atoms. The van der Waals surface area contributed by atoms with E-state index in [0.717, 1.165) is 0 Å². The molecule has 0 spiro atoms. The topological polar surface area (TPSA) is 115 Å². The van der Waals surface area contributed by atoms with E-state index in [1.165, 1.54) is 25.4 Å². The highest BCUT2D eigenvalue weighted by molar-refractivity contribution is 7.90. The summed E-state index contributed by atoms with van der Waals surface area (Å²) in [4.78, 5) is 29.1. The summed E-state index contributed by atoms with van der Waals surface area (Å²) in [5.74, 6) is -0.795. The van der Waals surface area contributed by atoms with Gasteiger partial charge in [-0.1, -0.05) is 42.5 Å². The molecule has 0 atom stereocenters. The lowest BCUT2D eigenvalue weighted by Gasteiger charge is -2.19. The Hall–Kier alpha value is -4.63. The van der Waals surface area contributed by atoms with Gasteiger partial charge in [-0.3, -0.25) is 9.78 Å². The van der Waals surface area contributed by atoms with Gasteiger partial charge < -0.3 is 10.1 Å². The van der Waals surface area contributed by atoms with Crippen LogP contribution in [0.1, 0.15) is 26.3 Å². The number of hydrogen-bond acceptors (Lipinski definition) is 7. The van der Waals surface area contributed by atoms with Crippen LogP contribution >= 0.6 is 0 Å². The molecule has 0 saturated heterocycles. The van der Waals surface area contributed by atoms with Gasteiger partial charge >= 0.3 is 5.97 Å². The zero-order valence-corrected chi connectivity index (χ0v) is 19.8. The van der Waals surface area contributed by atoms with Gasteiger partial charge in [0, 0.05) is 28.4 Å². The van der Waals surface area contributed by atoms with E-state index >= 15 is 0 Å². The number of esters is 1. The Bertz CT molecular complexity index is 1690. The van der Waals surface area contributed by atoms with Crippen molar-refractivity contribution in [1.82, 2.24) is 4.98 Å². The second kappa shape index (κ2) is 9.20. The molecule has 0 unspecified atom stereocenters. The second-order valence-electron chi connectivity index (χ2n) is 7.91. The average Bonchev–Trinajstić information content (AvgIpc) is 2.91. The van der Waals surface area contributed by atoms with Crippen molar-refractivity contribution in [3.05, 3.63) is 114 Å². The highest BCUT2D eigenvalue weighted by Gasteiger charge is 2.27. The van der Waals surface area contributed by atoms with Gasteiger partial charge in [0.25, 0.3) is 10.0 Å². The molecule has 0 fully saturated rings. The van der Waals surface area contributed by atoms with E-state index in [9.17, 15) is 18.0 Å². The van der Waals surface area contributed by atoms with Crippen LogP contribution in [0.25, 0.3) is 10.9 Å². The van der Waals surface area contributed by atoms with Gasteiger partial charge in [0.15, 0.2) is 0 Å². The Labute approximate surface area is 207 Å². The Morgan fingerprint density at radius 1 is 0.917 bits per heavy atom. The number of carbonyl (C=O) groups excluding carboxylic acids is 2. The molecule has 1 aromatic heterocycles. The fourth-order valence-corrected chi connectivity index (χ4v) is 5.10. The number of Topliss-reactive ketones (excluding diaryl/α,β-unsaturated/α-hetero) is 1. The molecule has 1 N–H and O–H groups in total. The van der Waals surface area contributed by atoms with Gasteiger partial charge in [0.1, 0.15) is 4.90 Å². The van der Waals surface area contributed by atoms with Gasteiger partial charge in [-0.25, -0.2) is 4.79 Å². The lowest BCUT2D eigenvalue weighted by atomic mass is 9.92. The van der Waals surface area contributed by atoms with Gasteiger partial charge in [-0.05, 0) is 42.5 Å². The molecule has 5 rings (SSSR count). The maximum absolute atomic E-state index is 13.4. The number of sulfonamides is 1. The molecule has 4 aromatic rings. The van der Waals surface area contributed by atoms with E-state index in [0.29, 0.717) is 33.3 Å². The summed E-state index contributed by atoms with van der Waals surface area (Å²) in [5.41, 5.74) is 2.19. The van der Waals surface area contributed by atoms with Gasteiger partial charge in [0.2, 0.25) is 5.78 Å². The Morgan fingerprint density at radius 2 is 1.64 bits per heavy atom. The molecule has 9 heteroatoms. The number of aromatic nitrogens is 1. The van der Waals surface area contributed by atoms with E-state index in [1.807, 2.05) is 0 Å². The van der Waals surface area contributed by atoms with Crippen molar-refractivity contribution >= 4 is 44.1 Å². The van der Waals surface area contributed by atoms with E-state index in [4.69, 9.17) is 4.74 Å². The maximum Gasteiger partial charge on any atom is 0.337 e. The lowest BCUT2D eigenvalue weighted by molar-refractivity contribution is 0.0600.